The van der Waals surface area contributed by atoms with Crippen LogP contribution in [0.25, 0.3) is 0 Å². The van der Waals surface area contributed by atoms with Crippen LogP contribution in [0.15, 0.2) is 24.4 Å². The average molecular weight is 212 g/mol. The Kier molecular flexibility index (Phi) is 2.45. The predicted molar refractivity (Wildman–Crippen MR) is 50.6 cm³/mol. The van der Waals surface area contributed by atoms with E-state index in [1.165, 1.54) is 6.07 Å². The topological polar surface area (TPSA) is 41.6 Å². The third-order valence-corrected chi connectivity index (χ3v) is 2.25. The Labute approximate surface area is 84.9 Å². The molecule has 0 amide bonds. The minimum atomic E-state index is -0.313. The maximum absolute atomic E-state index is 13.3. The summed E-state index contributed by atoms with van der Waals surface area (Å²) in [5.41, 5.74) is 1.19. The molecule has 5 heteroatoms. The molecule has 0 atom stereocenters. The van der Waals surface area contributed by atoms with Gasteiger partial charge in [-0.15, -0.1) is 5.10 Å². The largest absolute Gasteiger partial charge is 0.262 e. The Morgan fingerprint density at radius 2 is 2.29 bits per heavy atom. The molecule has 0 aliphatic carbocycles. The Balaban J connectivity index is 2.33. The van der Waals surface area contributed by atoms with Gasteiger partial charge in [0.05, 0.1) is 11.9 Å². The molecule has 1 heterocycles. The zero-order valence-corrected chi connectivity index (χ0v) is 7.92. The van der Waals surface area contributed by atoms with Crippen LogP contribution in [0.2, 0.25) is 5.02 Å². The Hall–Kier alpha value is -1.42. The van der Waals surface area contributed by atoms with Gasteiger partial charge in [0.1, 0.15) is 5.82 Å². The Bertz CT molecular complexity index is 407. The van der Waals surface area contributed by atoms with Crippen molar-refractivity contribution in [2.45, 2.75) is 6.42 Å². The highest BCUT2D eigenvalue weighted by molar-refractivity contribution is 6.31. The summed E-state index contributed by atoms with van der Waals surface area (Å²) in [4.78, 5) is 0. The summed E-state index contributed by atoms with van der Waals surface area (Å²) in [5, 5.41) is 10.2. The van der Waals surface area contributed by atoms with E-state index in [-0.39, 0.29) is 5.82 Å². The van der Waals surface area contributed by atoms with E-state index < -0.39 is 0 Å². The normalized spacial score (nSPS) is 10.4. The molecular formula is C9H7ClFN3. The van der Waals surface area contributed by atoms with Gasteiger partial charge < -0.3 is 0 Å². The number of nitrogens with one attached hydrogen (secondary N) is 1. The number of aromatic amines is 1. The lowest BCUT2D eigenvalue weighted by Crippen LogP contribution is -1.94. The molecule has 0 unspecified atom stereocenters. The van der Waals surface area contributed by atoms with E-state index in [4.69, 9.17) is 11.6 Å². The number of aromatic nitrogens is 3. The smallest absolute Gasteiger partial charge is 0.128 e. The highest BCUT2D eigenvalue weighted by Crippen LogP contribution is 2.20. The fourth-order valence-corrected chi connectivity index (χ4v) is 1.43. The van der Waals surface area contributed by atoms with Crippen molar-refractivity contribution in [3.05, 3.63) is 46.5 Å². The fraction of sp³-hybridized carbons (Fsp3) is 0.111. The second-order valence-corrected chi connectivity index (χ2v) is 3.27. The van der Waals surface area contributed by atoms with Crippen molar-refractivity contribution in [3.63, 3.8) is 0 Å². The SMILES string of the molecule is Fc1cccc(Cl)c1Cc1cnn[nH]1. The van der Waals surface area contributed by atoms with Gasteiger partial charge in [0.15, 0.2) is 0 Å². The molecule has 1 aromatic carbocycles. The molecule has 2 aromatic rings. The Morgan fingerprint density at radius 1 is 1.43 bits per heavy atom. The molecular weight excluding hydrogens is 205 g/mol. The minimum Gasteiger partial charge on any atom is -0.262 e. The van der Waals surface area contributed by atoms with Gasteiger partial charge in [-0.05, 0) is 12.1 Å². The summed E-state index contributed by atoms with van der Waals surface area (Å²) in [5.74, 6) is -0.313. The second kappa shape index (κ2) is 3.75. The van der Waals surface area contributed by atoms with E-state index in [1.54, 1.807) is 18.3 Å². The van der Waals surface area contributed by atoms with Crippen LogP contribution in [0.5, 0.6) is 0 Å². The lowest BCUT2D eigenvalue weighted by Gasteiger charge is -2.02. The summed E-state index contributed by atoms with van der Waals surface area (Å²) in [7, 11) is 0. The number of halogens is 2. The number of hydrogen-bond acceptors (Lipinski definition) is 2. The van der Waals surface area contributed by atoms with E-state index in [1.807, 2.05) is 0 Å². The molecule has 0 radical (unpaired) electrons. The lowest BCUT2D eigenvalue weighted by atomic mass is 10.1. The summed E-state index contributed by atoms with van der Waals surface area (Å²) in [6.45, 7) is 0. The molecule has 0 spiro atoms. The molecule has 0 fully saturated rings. The molecule has 0 bridgehead atoms. The van der Waals surface area contributed by atoms with Gasteiger partial charge in [0.25, 0.3) is 0 Å². The van der Waals surface area contributed by atoms with Crippen molar-refractivity contribution in [2.75, 3.05) is 0 Å². The Morgan fingerprint density at radius 3 is 2.93 bits per heavy atom. The molecule has 3 nitrogen and oxygen atoms in total. The lowest BCUT2D eigenvalue weighted by molar-refractivity contribution is 0.613. The second-order valence-electron chi connectivity index (χ2n) is 2.86. The van der Waals surface area contributed by atoms with Gasteiger partial charge >= 0.3 is 0 Å². The van der Waals surface area contributed by atoms with Crippen LogP contribution < -0.4 is 0 Å². The highest BCUT2D eigenvalue weighted by Gasteiger charge is 2.08. The third kappa shape index (κ3) is 1.75. The van der Waals surface area contributed by atoms with Crippen molar-refractivity contribution in [1.82, 2.24) is 15.4 Å². The quantitative estimate of drug-likeness (QED) is 0.828. The summed E-state index contributed by atoms with van der Waals surface area (Å²) >= 11 is 5.85. The molecule has 0 aliphatic heterocycles. The van der Waals surface area contributed by atoms with Crippen LogP contribution in [0, 0.1) is 5.82 Å². The molecule has 0 aliphatic rings. The number of nitrogens with zero attached hydrogens (tertiary/aromatic N) is 2. The monoisotopic (exact) mass is 211 g/mol. The van der Waals surface area contributed by atoms with E-state index in [0.717, 1.165) is 5.69 Å². The van der Waals surface area contributed by atoms with Crippen molar-refractivity contribution in [1.29, 1.82) is 0 Å². The first kappa shape index (κ1) is 9.15. The van der Waals surface area contributed by atoms with E-state index in [9.17, 15) is 4.39 Å². The molecule has 0 saturated heterocycles. The molecule has 14 heavy (non-hydrogen) atoms. The maximum Gasteiger partial charge on any atom is 0.128 e. The van der Waals surface area contributed by atoms with Crippen LogP contribution in [0.1, 0.15) is 11.3 Å². The molecule has 1 aromatic heterocycles. The van der Waals surface area contributed by atoms with Gasteiger partial charge in [-0.25, -0.2) is 4.39 Å². The summed E-state index contributed by atoms with van der Waals surface area (Å²) < 4.78 is 13.3. The van der Waals surface area contributed by atoms with Gasteiger partial charge in [0.2, 0.25) is 0 Å². The van der Waals surface area contributed by atoms with Crippen molar-refractivity contribution in [2.24, 2.45) is 0 Å². The van der Waals surface area contributed by atoms with Crippen molar-refractivity contribution < 1.29 is 4.39 Å². The van der Waals surface area contributed by atoms with Gasteiger partial charge in [0, 0.05) is 17.0 Å². The van der Waals surface area contributed by atoms with Crippen molar-refractivity contribution >= 4 is 11.6 Å². The van der Waals surface area contributed by atoms with E-state index >= 15 is 0 Å². The first-order valence-electron chi connectivity index (χ1n) is 4.05. The van der Waals surface area contributed by atoms with E-state index in [2.05, 4.69) is 15.4 Å². The minimum absolute atomic E-state index is 0.313. The van der Waals surface area contributed by atoms with Crippen LogP contribution in [0.4, 0.5) is 4.39 Å². The first-order valence-corrected chi connectivity index (χ1v) is 4.43. The van der Waals surface area contributed by atoms with Crippen LogP contribution in [-0.4, -0.2) is 15.4 Å². The van der Waals surface area contributed by atoms with Crippen LogP contribution in [-0.2, 0) is 6.42 Å². The number of benzene rings is 1. The van der Waals surface area contributed by atoms with Gasteiger partial charge in [-0.2, -0.15) is 0 Å². The van der Waals surface area contributed by atoms with Crippen LogP contribution in [0.3, 0.4) is 0 Å². The highest BCUT2D eigenvalue weighted by atomic mass is 35.5. The molecule has 72 valence electrons. The number of rotatable bonds is 2. The fourth-order valence-electron chi connectivity index (χ4n) is 1.20. The standard InChI is InChI=1S/C9H7ClFN3/c10-8-2-1-3-9(11)7(8)4-6-5-12-14-13-6/h1-3,5H,4H2,(H,12,13,14). The zero-order valence-electron chi connectivity index (χ0n) is 7.17. The third-order valence-electron chi connectivity index (χ3n) is 1.89. The molecule has 0 saturated carbocycles. The first-order chi connectivity index (χ1) is 6.77. The maximum atomic E-state index is 13.3. The van der Waals surface area contributed by atoms with Gasteiger partial charge in [-0.1, -0.05) is 22.9 Å². The van der Waals surface area contributed by atoms with Gasteiger partial charge in [-0.3, -0.25) is 5.10 Å². The summed E-state index contributed by atoms with van der Waals surface area (Å²) in [6, 6.07) is 4.61. The number of H-pyrrole nitrogens is 1. The predicted octanol–water partition coefficient (Wildman–Crippen LogP) is 2.19. The number of hydrogen-bond donors (Lipinski definition) is 1. The van der Waals surface area contributed by atoms with Crippen molar-refractivity contribution in [3.8, 4) is 0 Å². The average Bonchev–Trinajstić information content (AvgIpc) is 2.64. The molecule has 2 rings (SSSR count). The van der Waals surface area contributed by atoms with Crippen LogP contribution >= 0.6 is 11.6 Å². The zero-order chi connectivity index (χ0) is 9.97. The van der Waals surface area contributed by atoms with E-state index in [0.29, 0.717) is 17.0 Å². The molecule has 1 N–H and O–H groups in total. The summed E-state index contributed by atoms with van der Waals surface area (Å²) in [6.07, 6.45) is 1.92.